The average molecular weight is 504 g/mol. The molecule has 1 aromatic carbocycles. The van der Waals surface area contributed by atoms with Gasteiger partial charge >= 0.3 is 0 Å². The van der Waals surface area contributed by atoms with Crippen LogP contribution in [0, 0.1) is 0 Å². The summed E-state index contributed by atoms with van der Waals surface area (Å²) >= 11 is 5.17. The van der Waals surface area contributed by atoms with Gasteiger partial charge in [-0.2, -0.15) is 0 Å². The molecule has 6 nitrogen and oxygen atoms in total. The maximum Gasteiger partial charge on any atom is 0.271 e. The minimum absolute atomic E-state index is 0.0504. The number of nitrogens with one attached hydrogen (secondary N) is 1. The second kappa shape index (κ2) is 9.44. The number of nitrogens with zero attached hydrogens (tertiary/aromatic N) is 2. The molecule has 0 saturated carbocycles. The normalized spacial score (nSPS) is 16.1. The number of hydrogen-bond acceptors (Lipinski definition) is 4. The van der Waals surface area contributed by atoms with Crippen LogP contribution in [0.5, 0.6) is 5.75 Å². The number of ether oxygens (including phenoxy) is 1. The van der Waals surface area contributed by atoms with Crippen molar-refractivity contribution < 1.29 is 14.3 Å². The minimum atomic E-state index is -0.395. The molecule has 3 heterocycles. The second-order valence-corrected chi connectivity index (χ2v) is 10.2. The monoisotopic (exact) mass is 503 g/mol. The Morgan fingerprint density at radius 2 is 2.03 bits per heavy atom. The standard InChI is InChI=1S/C23H26BrN3O3S/c1-3-10-25-22(28)17-5-4-11-26(17)23(29)19-12-20-18(13-21(24)31-20)27(19)14-15-6-8-16(30-2)9-7-15/h6-9,12-13,17H,3-5,10-11,14H2,1-2H3,(H,25,28)/t17-/m0/s1. The number of amides is 2. The molecule has 1 atom stereocenters. The molecule has 3 aromatic rings. The van der Waals surface area contributed by atoms with Crippen molar-refractivity contribution in [2.45, 2.75) is 38.8 Å². The largest absolute Gasteiger partial charge is 0.497 e. The Labute approximate surface area is 194 Å². The van der Waals surface area contributed by atoms with E-state index < -0.39 is 6.04 Å². The van der Waals surface area contributed by atoms with Gasteiger partial charge in [-0.1, -0.05) is 19.1 Å². The predicted octanol–water partition coefficient (Wildman–Crippen LogP) is 4.65. The number of rotatable bonds is 7. The van der Waals surface area contributed by atoms with Crippen LogP contribution in [-0.4, -0.2) is 47.5 Å². The fourth-order valence-corrected chi connectivity index (χ4v) is 5.63. The first-order chi connectivity index (χ1) is 15.0. The second-order valence-electron chi connectivity index (χ2n) is 7.71. The molecule has 0 radical (unpaired) electrons. The van der Waals surface area contributed by atoms with Crippen molar-refractivity contribution in [1.82, 2.24) is 14.8 Å². The van der Waals surface area contributed by atoms with Crippen molar-refractivity contribution in [1.29, 1.82) is 0 Å². The highest BCUT2D eigenvalue weighted by atomic mass is 79.9. The maximum atomic E-state index is 13.6. The molecule has 2 aromatic heterocycles. The zero-order valence-corrected chi connectivity index (χ0v) is 20.1. The summed E-state index contributed by atoms with van der Waals surface area (Å²) in [5.74, 6) is 0.668. The van der Waals surface area contributed by atoms with Gasteiger partial charge in [0.15, 0.2) is 0 Å². The summed E-state index contributed by atoms with van der Waals surface area (Å²) in [4.78, 5) is 28.0. The molecule has 4 rings (SSSR count). The highest BCUT2D eigenvalue weighted by Gasteiger charge is 2.35. The molecule has 2 amide bonds. The van der Waals surface area contributed by atoms with Crippen molar-refractivity contribution >= 4 is 49.3 Å². The van der Waals surface area contributed by atoms with Crippen molar-refractivity contribution in [2.75, 3.05) is 20.2 Å². The fraction of sp³-hybridized carbons (Fsp3) is 0.391. The molecular weight excluding hydrogens is 478 g/mol. The van der Waals surface area contributed by atoms with Crippen molar-refractivity contribution in [3.63, 3.8) is 0 Å². The first-order valence-electron chi connectivity index (χ1n) is 10.5. The smallest absolute Gasteiger partial charge is 0.271 e. The summed E-state index contributed by atoms with van der Waals surface area (Å²) < 4.78 is 9.39. The molecule has 1 saturated heterocycles. The molecule has 164 valence electrons. The van der Waals surface area contributed by atoms with Crippen LogP contribution < -0.4 is 10.1 Å². The van der Waals surface area contributed by atoms with Crippen LogP contribution in [-0.2, 0) is 11.3 Å². The molecule has 31 heavy (non-hydrogen) atoms. The van der Waals surface area contributed by atoms with Crippen LogP contribution in [0.1, 0.15) is 42.2 Å². The number of carbonyl (C=O) groups excluding carboxylic acids is 2. The number of aromatic nitrogens is 1. The number of methoxy groups -OCH3 is 1. The molecule has 1 aliphatic rings. The Kier molecular flexibility index (Phi) is 6.67. The van der Waals surface area contributed by atoms with Crippen LogP contribution in [0.25, 0.3) is 10.2 Å². The molecule has 1 fully saturated rings. The van der Waals surface area contributed by atoms with Crippen LogP contribution in [0.2, 0.25) is 0 Å². The lowest BCUT2D eigenvalue weighted by Gasteiger charge is -2.24. The van der Waals surface area contributed by atoms with Crippen LogP contribution >= 0.6 is 27.3 Å². The van der Waals surface area contributed by atoms with Gasteiger partial charge in [-0.05, 0) is 65.0 Å². The van der Waals surface area contributed by atoms with E-state index in [1.54, 1.807) is 23.3 Å². The molecule has 8 heteroatoms. The van der Waals surface area contributed by atoms with E-state index in [-0.39, 0.29) is 11.8 Å². The molecule has 1 N–H and O–H groups in total. The van der Waals surface area contributed by atoms with Crippen molar-refractivity contribution in [2.24, 2.45) is 0 Å². The van der Waals surface area contributed by atoms with Crippen molar-refractivity contribution in [3.05, 3.63) is 51.4 Å². The number of carbonyl (C=O) groups is 2. The first kappa shape index (κ1) is 21.9. The Balaban J connectivity index is 1.66. The number of fused-ring (bicyclic) bond motifs is 1. The van der Waals surface area contributed by atoms with Gasteiger partial charge in [0, 0.05) is 19.6 Å². The third-order valence-corrected chi connectivity index (χ3v) is 7.22. The van der Waals surface area contributed by atoms with Gasteiger partial charge in [0.05, 0.1) is 21.1 Å². The van der Waals surface area contributed by atoms with Crippen LogP contribution in [0.15, 0.2) is 40.2 Å². The number of benzene rings is 1. The van der Waals surface area contributed by atoms with Gasteiger partial charge in [-0.15, -0.1) is 11.3 Å². The number of likely N-dealkylation sites (tertiary alicyclic amines) is 1. The van der Waals surface area contributed by atoms with Gasteiger partial charge in [0.2, 0.25) is 5.91 Å². The number of hydrogen-bond donors (Lipinski definition) is 1. The topological polar surface area (TPSA) is 63.6 Å². The van der Waals surface area contributed by atoms with Crippen LogP contribution in [0.4, 0.5) is 0 Å². The zero-order valence-electron chi connectivity index (χ0n) is 17.7. The van der Waals surface area contributed by atoms with E-state index in [1.807, 2.05) is 37.3 Å². The van der Waals surface area contributed by atoms with E-state index in [4.69, 9.17) is 4.74 Å². The molecule has 0 unspecified atom stereocenters. The third kappa shape index (κ3) is 4.50. The summed E-state index contributed by atoms with van der Waals surface area (Å²) in [5, 5.41) is 2.95. The minimum Gasteiger partial charge on any atom is -0.497 e. The molecule has 0 aliphatic carbocycles. The van der Waals surface area contributed by atoms with E-state index in [2.05, 4.69) is 31.9 Å². The Morgan fingerprint density at radius 1 is 1.26 bits per heavy atom. The fourth-order valence-electron chi connectivity index (χ4n) is 4.07. The maximum absolute atomic E-state index is 13.6. The average Bonchev–Trinajstić information content (AvgIpc) is 3.48. The Hall–Kier alpha value is -2.32. The van der Waals surface area contributed by atoms with Gasteiger partial charge < -0.3 is 19.5 Å². The quantitative estimate of drug-likeness (QED) is 0.510. The van der Waals surface area contributed by atoms with E-state index in [0.29, 0.717) is 31.7 Å². The summed E-state index contributed by atoms with van der Waals surface area (Å²) in [6.45, 7) is 3.83. The SMILES string of the molecule is CCCNC(=O)[C@@H]1CCCN1C(=O)c1cc2sc(Br)cc2n1Cc1ccc(OC)cc1. The summed E-state index contributed by atoms with van der Waals surface area (Å²) in [6.07, 6.45) is 2.43. The number of halogens is 1. The van der Waals surface area contributed by atoms with Crippen molar-refractivity contribution in [3.8, 4) is 5.75 Å². The van der Waals surface area contributed by atoms with Crippen LogP contribution in [0.3, 0.4) is 0 Å². The molecule has 1 aliphatic heterocycles. The van der Waals surface area contributed by atoms with Gasteiger partial charge in [0.25, 0.3) is 5.91 Å². The van der Waals surface area contributed by atoms with Gasteiger partial charge in [-0.25, -0.2) is 0 Å². The highest BCUT2D eigenvalue weighted by Crippen LogP contribution is 2.34. The lowest BCUT2D eigenvalue weighted by atomic mass is 10.2. The zero-order chi connectivity index (χ0) is 22.0. The predicted molar refractivity (Wildman–Crippen MR) is 127 cm³/mol. The van der Waals surface area contributed by atoms with E-state index in [1.165, 1.54) is 0 Å². The third-order valence-electron chi connectivity index (χ3n) is 5.64. The summed E-state index contributed by atoms with van der Waals surface area (Å²) in [5.41, 5.74) is 2.72. The molecule has 0 spiro atoms. The van der Waals surface area contributed by atoms with Gasteiger partial charge in [-0.3, -0.25) is 9.59 Å². The first-order valence-corrected chi connectivity index (χ1v) is 12.1. The lowest BCUT2D eigenvalue weighted by Crippen LogP contribution is -2.46. The molecule has 0 bridgehead atoms. The van der Waals surface area contributed by atoms with E-state index in [9.17, 15) is 9.59 Å². The number of thiophene rings is 1. The van der Waals surface area contributed by atoms with Gasteiger partial charge in [0.1, 0.15) is 17.5 Å². The summed E-state index contributed by atoms with van der Waals surface area (Å²) in [6, 6.07) is 11.5. The highest BCUT2D eigenvalue weighted by molar-refractivity contribution is 9.11. The summed E-state index contributed by atoms with van der Waals surface area (Å²) in [7, 11) is 1.65. The Bertz CT molecular complexity index is 1090. The lowest BCUT2D eigenvalue weighted by molar-refractivity contribution is -0.124. The van der Waals surface area contributed by atoms with E-state index in [0.717, 1.165) is 38.2 Å². The van der Waals surface area contributed by atoms with E-state index >= 15 is 0 Å². The molecular formula is C23H26BrN3O3S. The Morgan fingerprint density at radius 3 is 2.74 bits per heavy atom.